The van der Waals surface area contributed by atoms with Gasteiger partial charge in [-0.3, -0.25) is 0 Å². The van der Waals surface area contributed by atoms with Crippen LogP contribution in [0.1, 0.15) is 37.2 Å². The first-order valence-corrected chi connectivity index (χ1v) is 7.32. The van der Waals surface area contributed by atoms with Crippen molar-refractivity contribution < 1.29 is 9.84 Å². The maximum atomic E-state index is 9.84. The topological polar surface area (TPSA) is 41.5 Å². The van der Waals surface area contributed by atoms with E-state index in [9.17, 15) is 5.11 Å². The standard InChI is InChI=1S/C16H23NO2/c1-19-16-5-3-2-4-14(16)12-8-13(9-12)17-10-15(18)11-6-7-11/h2-5,11-13,15,17-18H,6-10H2,1H3. The summed E-state index contributed by atoms with van der Waals surface area (Å²) < 4.78 is 5.41. The van der Waals surface area contributed by atoms with Gasteiger partial charge in [-0.15, -0.1) is 0 Å². The number of hydrogen-bond donors (Lipinski definition) is 2. The van der Waals surface area contributed by atoms with Gasteiger partial charge in [0.2, 0.25) is 0 Å². The van der Waals surface area contributed by atoms with E-state index in [1.165, 1.54) is 18.4 Å². The molecule has 0 spiro atoms. The molecule has 104 valence electrons. The van der Waals surface area contributed by atoms with E-state index in [-0.39, 0.29) is 6.10 Å². The van der Waals surface area contributed by atoms with Gasteiger partial charge >= 0.3 is 0 Å². The zero-order valence-electron chi connectivity index (χ0n) is 11.5. The number of ether oxygens (including phenoxy) is 1. The van der Waals surface area contributed by atoms with Gasteiger partial charge in [0.25, 0.3) is 0 Å². The summed E-state index contributed by atoms with van der Waals surface area (Å²) in [6, 6.07) is 8.85. The molecule has 1 aromatic carbocycles. The quantitative estimate of drug-likeness (QED) is 0.825. The monoisotopic (exact) mass is 261 g/mol. The van der Waals surface area contributed by atoms with Crippen LogP contribution in [0.4, 0.5) is 0 Å². The lowest BCUT2D eigenvalue weighted by Gasteiger charge is -2.37. The van der Waals surface area contributed by atoms with Crippen molar-refractivity contribution in [2.24, 2.45) is 5.92 Å². The first kappa shape index (κ1) is 12.9. The second-order valence-corrected chi connectivity index (χ2v) is 5.92. The Morgan fingerprint density at radius 1 is 1.32 bits per heavy atom. The fourth-order valence-electron chi connectivity index (χ4n) is 2.98. The van der Waals surface area contributed by atoms with Gasteiger partial charge in [-0.2, -0.15) is 0 Å². The molecule has 2 aliphatic rings. The number of methoxy groups -OCH3 is 1. The smallest absolute Gasteiger partial charge is 0.122 e. The highest BCUT2D eigenvalue weighted by atomic mass is 16.5. The molecule has 2 saturated carbocycles. The molecule has 1 aromatic rings. The summed E-state index contributed by atoms with van der Waals surface area (Å²) in [7, 11) is 1.74. The van der Waals surface area contributed by atoms with Crippen molar-refractivity contribution in [2.75, 3.05) is 13.7 Å². The van der Waals surface area contributed by atoms with E-state index in [4.69, 9.17) is 4.74 Å². The van der Waals surface area contributed by atoms with Crippen LogP contribution in [0.15, 0.2) is 24.3 Å². The fraction of sp³-hybridized carbons (Fsp3) is 0.625. The minimum Gasteiger partial charge on any atom is -0.496 e. The van der Waals surface area contributed by atoms with Gasteiger partial charge in [0.1, 0.15) is 5.75 Å². The van der Waals surface area contributed by atoms with Crippen molar-refractivity contribution in [3.8, 4) is 5.75 Å². The van der Waals surface area contributed by atoms with Gasteiger partial charge < -0.3 is 15.2 Å². The Hall–Kier alpha value is -1.06. The Morgan fingerprint density at radius 2 is 2.05 bits per heavy atom. The van der Waals surface area contributed by atoms with Crippen LogP contribution in [0.3, 0.4) is 0 Å². The van der Waals surface area contributed by atoms with Gasteiger partial charge in [-0.1, -0.05) is 18.2 Å². The Labute approximate surface area is 115 Å². The van der Waals surface area contributed by atoms with Crippen molar-refractivity contribution in [1.29, 1.82) is 0 Å². The third-order valence-corrected chi connectivity index (χ3v) is 4.50. The molecular formula is C16H23NO2. The van der Waals surface area contributed by atoms with Crippen LogP contribution in [0, 0.1) is 5.92 Å². The molecule has 3 heteroatoms. The van der Waals surface area contributed by atoms with Gasteiger partial charge in [-0.25, -0.2) is 0 Å². The summed E-state index contributed by atoms with van der Waals surface area (Å²) in [5.74, 6) is 2.17. The van der Waals surface area contributed by atoms with Crippen LogP contribution >= 0.6 is 0 Å². The SMILES string of the molecule is COc1ccccc1C1CC(NCC(O)C2CC2)C1. The van der Waals surface area contributed by atoms with Crippen LogP contribution < -0.4 is 10.1 Å². The molecule has 3 nitrogen and oxygen atoms in total. The highest BCUT2D eigenvalue weighted by Gasteiger charge is 2.34. The lowest BCUT2D eigenvalue weighted by atomic mass is 9.75. The van der Waals surface area contributed by atoms with Crippen molar-refractivity contribution in [1.82, 2.24) is 5.32 Å². The first-order chi connectivity index (χ1) is 9.28. The molecule has 0 aliphatic heterocycles. The molecule has 19 heavy (non-hydrogen) atoms. The molecule has 1 atom stereocenters. The zero-order valence-corrected chi connectivity index (χ0v) is 11.5. The molecule has 2 aliphatic carbocycles. The summed E-state index contributed by atoms with van der Waals surface area (Å²) in [4.78, 5) is 0. The van der Waals surface area contributed by atoms with E-state index in [0.717, 1.165) is 25.1 Å². The number of aliphatic hydroxyl groups is 1. The van der Waals surface area contributed by atoms with E-state index in [1.54, 1.807) is 7.11 Å². The zero-order chi connectivity index (χ0) is 13.2. The number of benzene rings is 1. The Kier molecular flexibility index (Phi) is 3.76. The number of hydrogen-bond acceptors (Lipinski definition) is 3. The number of nitrogens with one attached hydrogen (secondary N) is 1. The van der Waals surface area contributed by atoms with Crippen LogP contribution in [-0.2, 0) is 0 Å². The molecule has 2 fully saturated rings. The molecule has 1 unspecified atom stereocenters. The predicted molar refractivity (Wildman–Crippen MR) is 75.5 cm³/mol. The molecular weight excluding hydrogens is 238 g/mol. The Morgan fingerprint density at radius 3 is 2.74 bits per heavy atom. The molecule has 0 radical (unpaired) electrons. The first-order valence-electron chi connectivity index (χ1n) is 7.32. The average molecular weight is 261 g/mol. The second kappa shape index (κ2) is 5.51. The predicted octanol–water partition coefficient (Wildman–Crippen LogP) is 2.30. The van der Waals surface area contributed by atoms with E-state index in [0.29, 0.717) is 17.9 Å². The highest BCUT2D eigenvalue weighted by Crippen LogP contribution is 2.41. The summed E-state index contributed by atoms with van der Waals surface area (Å²) in [5.41, 5.74) is 1.32. The summed E-state index contributed by atoms with van der Waals surface area (Å²) in [5, 5.41) is 13.3. The lowest BCUT2D eigenvalue weighted by molar-refractivity contribution is 0.135. The molecule has 0 heterocycles. The van der Waals surface area contributed by atoms with E-state index >= 15 is 0 Å². The van der Waals surface area contributed by atoms with E-state index in [1.807, 2.05) is 12.1 Å². The molecule has 0 bridgehead atoms. The normalized spacial score (nSPS) is 27.7. The van der Waals surface area contributed by atoms with Crippen molar-refractivity contribution in [2.45, 2.75) is 43.7 Å². The molecule has 0 saturated heterocycles. The third kappa shape index (κ3) is 2.93. The van der Waals surface area contributed by atoms with Crippen LogP contribution in [-0.4, -0.2) is 30.9 Å². The maximum absolute atomic E-state index is 9.84. The largest absolute Gasteiger partial charge is 0.496 e. The Bertz CT molecular complexity index is 425. The van der Waals surface area contributed by atoms with Crippen molar-refractivity contribution in [3.05, 3.63) is 29.8 Å². The highest BCUT2D eigenvalue weighted by molar-refractivity contribution is 5.37. The minimum absolute atomic E-state index is 0.134. The van der Waals surface area contributed by atoms with Gasteiger partial charge in [-0.05, 0) is 49.1 Å². The molecule has 0 aromatic heterocycles. The van der Waals surface area contributed by atoms with E-state index in [2.05, 4.69) is 17.4 Å². The summed E-state index contributed by atoms with van der Waals surface area (Å²) >= 11 is 0. The lowest BCUT2D eigenvalue weighted by Crippen LogP contribution is -2.43. The molecule has 2 N–H and O–H groups in total. The van der Waals surface area contributed by atoms with Gasteiger partial charge in [0.05, 0.1) is 13.2 Å². The third-order valence-electron chi connectivity index (χ3n) is 4.50. The second-order valence-electron chi connectivity index (χ2n) is 5.92. The average Bonchev–Trinajstić information content (AvgIpc) is 3.21. The van der Waals surface area contributed by atoms with Crippen molar-refractivity contribution >= 4 is 0 Å². The van der Waals surface area contributed by atoms with Crippen molar-refractivity contribution in [3.63, 3.8) is 0 Å². The number of para-hydroxylation sites is 1. The van der Waals surface area contributed by atoms with Crippen LogP contribution in [0.2, 0.25) is 0 Å². The van der Waals surface area contributed by atoms with Crippen LogP contribution in [0.25, 0.3) is 0 Å². The summed E-state index contributed by atoms with van der Waals surface area (Å²) in [6.07, 6.45) is 4.58. The van der Waals surface area contributed by atoms with Crippen LogP contribution in [0.5, 0.6) is 5.75 Å². The number of aliphatic hydroxyl groups excluding tert-OH is 1. The minimum atomic E-state index is -0.134. The molecule has 3 rings (SSSR count). The van der Waals surface area contributed by atoms with Gasteiger partial charge in [0.15, 0.2) is 0 Å². The maximum Gasteiger partial charge on any atom is 0.122 e. The van der Waals surface area contributed by atoms with Gasteiger partial charge in [0, 0.05) is 12.6 Å². The summed E-state index contributed by atoms with van der Waals surface area (Å²) in [6.45, 7) is 0.758. The molecule has 0 amide bonds. The number of rotatable bonds is 6. The van der Waals surface area contributed by atoms with E-state index < -0.39 is 0 Å². The fourth-order valence-corrected chi connectivity index (χ4v) is 2.98. The Balaban J connectivity index is 1.46.